The van der Waals surface area contributed by atoms with Gasteiger partial charge in [-0.05, 0) is 30.0 Å². The second kappa shape index (κ2) is 6.08. The highest BCUT2D eigenvalue weighted by atomic mass is 16.5. The van der Waals surface area contributed by atoms with E-state index in [1.165, 1.54) is 5.56 Å². The van der Waals surface area contributed by atoms with Gasteiger partial charge in [-0.1, -0.05) is 26.8 Å². The molecule has 0 atom stereocenters. The van der Waals surface area contributed by atoms with Crippen molar-refractivity contribution < 1.29 is 9.47 Å². The van der Waals surface area contributed by atoms with Crippen LogP contribution in [0.1, 0.15) is 37.9 Å². The number of aryl methyl sites for hydroxylation is 2. The van der Waals surface area contributed by atoms with Crippen molar-refractivity contribution in [1.29, 1.82) is 0 Å². The fraction of sp³-hybridized carbons (Fsp3) is 0.438. The van der Waals surface area contributed by atoms with Crippen LogP contribution >= 0.6 is 0 Å². The number of hydrogen-bond donors (Lipinski definition) is 1. The number of anilines is 1. The molecule has 5 heteroatoms. The molecule has 1 heterocycles. The van der Waals surface area contributed by atoms with Crippen LogP contribution in [-0.2, 0) is 13.5 Å². The van der Waals surface area contributed by atoms with E-state index >= 15 is 0 Å². The number of nitrogens with two attached hydrogens (primary N) is 1. The number of aromatic nitrogens is 2. The van der Waals surface area contributed by atoms with Gasteiger partial charge in [-0.25, -0.2) is 4.68 Å². The SMILES string of the molecule is CCc1ccc(Oc2c(N)c(C(C)C)nn2C)c(OC)c1. The molecule has 2 rings (SSSR count). The van der Waals surface area contributed by atoms with Gasteiger partial charge >= 0.3 is 0 Å². The van der Waals surface area contributed by atoms with Crippen molar-refractivity contribution in [3.8, 4) is 17.4 Å². The first kappa shape index (κ1) is 15.2. The Labute approximate surface area is 125 Å². The predicted octanol–water partition coefficient (Wildman–Crippen LogP) is 3.49. The molecular formula is C16H23N3O2. The van der Waals surface area contributed by atoms with Gasteiger partial charge < -0.3 is 15.2 Å². The average Bonchev–Trinajstić information content (AvgIpc) is 2.75. The fourth-order valence-corrected chi connectivity index (χ4v) is 2.21. The van der Waals surface area contributed by atoms with E-state index in [0.717, 1.165) is 12.1 Å². The normalized spacial score (nSPS) is 11.0. The standard InChI is InChI=1S/C16H23N3O2/c1-6-11-7-8-12(13(9-11)20-5)21-16-14(17)15(10(2)3)18-19(16)4/h7-10H,6,17H2,1-5H3. The molecular weight excluding hydrogens is 266 g/mol. The Bertz CT molecular complexity index is 633. The van der Waals surface area contributed by atoms with E-state index in [1.54, 1.807) is 11.8 Å². The minimum atomic E-state index is 0.248. The topological polar surface area (TPSA) is 62.3 Å². The smallest absolute Gasteiger partial charge is 0.241 e. The van der Waals surface area contributed by atoms with Crippen LogP contribution in [0.2, 0.25) is 0 Å². The van der Waals surface area contributed by atoms with E-state index in [9.17, 15) is 0 Å². The molecule has 5 nitrogen and oxygen atoms in total. The first-order chi connectivity index (χ1) is 9.97. The summed E-state index contributed by atoms with van der Waals surface area (Å²) >= 11 is 0. The van der Waals surface area contributed by atoms with E-state index in [2.05, 4.69) is 25.9 Å². The maximum absolute atomic E-state index is 6.15. The summed E-state index contributed by atoms with van der Waals surface area (Å²) in [6, 6.07) is 5.90. The van der Waals surface area contributed by atoms with Gasteiger partial charge in [-0.15, -0.1) is 0 Å². The van der Waals surface area contributed by atoms with Gasteiger partial charge in [0.15, 0.2) is 11.5 Å². The van der Waals surface area contributed by atoms with Crippen LogP contribution in [0.15, 0.2) is 18.2 Å². The Hall–Kier alpha value is -2.17. The third-order valence-corrected chi connectivity index (χ3v) is 3.45. The Morgan fingerprint density at radius 1 is 1.29 bits per heavy atom. The van der Waals surface area contributed by atoms with Crippen molar-refractivity contribution in [2.45, 2.75) is 33.1 Å². The van der Waals surface area contributed by atoms with Crippen LogP contribution in [0.5, 0.6) is 17.4 Å². The number of rotatable bonds is 5. The molecule has 0 aliphatic rings. The minimum Gasteiger partial charge on any atom is -0.493 e. The highest BCUT2D eigenvalue weighted by Crippen LogP contribution is 2.37. The first-order valence-electron chi connectivity index (χ1n) is 7.15. The summed E-state index contributed by atoms with van der Waals surface area (Å²) in [7, 11) is 3.46. The van der Waals surface area contributed by atoms with Crippen molar-refractivity contribution >= 4 is 5.69 Å². The zero-order valence-corrected chi connectivity index (χ0v) is 13.3. The third kappa shape index (κ3) is 2.96. The molecule has 2 aromatic rings. The van der Waals surface area contributed by atoms with E-state index in [1.807, 2.05) is 25.2 Å². The molecule has 0 unspecified atom stereocenters. The Kier molecular flexibility index (Phi) is 4.40. The molecule has 0 spiro atoms. The van der Waals surface area contributed by atoms with Crippen LogP contribution in [-0.4, -0.2) is 16.9 Å². The molecule has 0 radical (unpaired) electrons. The lowest BCUT2D eigenvalue weighted by atomic mass is 10.1. The maximum Gasteiger partial charge on any atom is 0.241 e. The lowest BCUT2D eigenvalue weighted by Gasteiger charge is -2.12. The van der Waals surface area contributed by atoms with Crippen LogP contribution in [0.25, 0.3) is 0 Å². The number of hydrogen-bond acceptors (Lipinski definition) is 4. The highest BCUT2D eigenvalue weighted by Gasteiger charge is 2.19. The number of nitrogens with zero attached hydrogens (tertiary/aromatic N) is 2. The number of ether oxygens (including phenoxy) is 2. The van der Waals surface area contributed by atoms with Gasteiger partial charge in [0.2, 0.25) is 5.88 Å². The monoisotopic (exact) mass is 289 g/mol. The second-order valence-corrected chi connectivity index (χ2v) is 5.32. The lowest BCUT2D eigenvalue weighted by Crippen LogP contribution is -1.99. The molecule has 1 aromatic carbocycles. The molecule has 0 aliphatic carbocycles. The largest absolute Gasteiger partial charge is 0.493 e. The van der Waals surface area contributed by atoms with Crippen molar-refractivity contribution in [2.75, 3.05) is 12.8 Å². The molecule has 0 aliphatic heterocycles. The first-order valence-corrected chi connectivity index (χ1v) is 7.15. The number of nitrogen functional groups attached to an aromatic ring is 1. The van der Waals surface area contributed by atoms with E-state index in [4.69, 9.17) is 15.2 Å². The van der Waals surface area contributed by atoms with Crippen molar-refractivity contribution in [2.24, 2.45) is 7.05 Å². The molecule has 0 saturated heterocycles. The minimum absolute atomic E-state index is 0.248. The average molecular weight is 289 g/mol. The summed E-state index contributed by atoms with van der Waals surface area (Å²) in [6.07, 6.45) is 0.946. The molecule has 2 N–H and O–H groups in total. The molecule has 0 amide bonds. The summed E-state index contributed by atoms with van der Waals surface area (Å²) in [5, 5.41) is 4.42. The summed E-state index contributed by atoms with van der Waals surface area (Å²) in [5.41, 5.74) is 8.77. The molecule has 114 valence electrons. The zero-order valence-electron chi connectivity index (χ0n) is 13.3. The van der Waals surface area contributed by atoms with Crippen LogP contribution in [0.3, 0.4) is 0 Å². The fourth-order valence-electron chi connectivity index (χ4n) is 2.21. The predicted molar refractivity (Wildman–Crippen MR) is 84.2 cm³/mol. The molecule has 0 bridgehead atoms. The van der Waals surface area contributed by atoms with Crippen molar-refractivity contribution in [1.82, 2.24) is 9.78 Å². The summed E-state index contributed by atoms with van der Waals surface area (Å²) in [5.74, 6) is 2.12. The highest BCUT2D eigenvalue weighted by molar-refractivity contribution is 5.56. The number of methoxy groups -OCH3 is 1. The Balaban J connectivity index is 2.38. The molecule has 0 fully saturated rings. The quantitative estimate of drug-likeness (QED) is 0.915. The van der Waals surface area contributed by atoms with E-state index in [0.29, 0.717) is 23.1 Å². The van der Waals surface area contributed by atoms with Gasteiger partial charge in [0.05, 0.1) is 12.8 Å². The number of benzene rings is 1. The van der Waals surface area contributed by atoms with Gasteiger partial charge in [0.1, 0.15) is 5.69 Å². The summed E-state index contributed by atoms with van der Waals surface area (Å²) in [4.78, 5) is 0. The maximum atomic E-state index is 6.15. The molecule has 0 saturated carbocycles. The Morgan fingerprint density at radius 2 is 2.00 bits per heavy atom. The molecule has 21 heavy (non-hydrogen) atoms. The van der Waals surface area contributed by atoms with Crippen molar-refractivity contribution in [3.05, 3.63) is 29.5 Å². The van der Waals surface area contributed by atoms with Gasteiger partial charge in [0.25, 0.3) is 0 Å². The van der Waals surface area contributed by atoms with Crippen LogP contribution < -0.4 is 15.2 Å². The van der Waals surface area contributed by atoms with Gasteiger partial charge in [-0.2, -0.15) is 5.10 Å². The van der Waals surface area contributed by atoms with Gasteiger partial charge in [0, 0.05) is 7.05 Å². The molecule has 1 aromatic heterocycles. The third-order valence-electron chi connectivity index (χ3n) is 3.45. The van der Waals surface area contributed by atoms with Crippen LogP contribution in [0, 0.1) is 0 Å². The summed E-state index contributed by atoms with van der Waals surface area (Å²) in [6.45, 7) is 6.21. The Morgan fingerprint density at radius 3 is 2.52 bits per heavy atom. The van der Waals surface area contributed by atoms with Crippen LogP contribution in [0.4, 0.5) is 5.69 Å². The van der Waals surface area contributed by atoms with E-state index < -0.39 is 0 Å². The lowest BCUT2D eigenvalue weighted by molar-refractivity contribution is 0.366. The van der Waals surface area contributed by atoms with E-state index in [-0.39, 0.29) is 5.92 Å². The summed E-state index contributed by atoms with van der Waals surface area (Å²) < 4.78 is 13.0. The second-order valence-electron chi connectivity index (χ2n) is 5.32. The van der Waals surface area contributed by atoms with Crippen molar-refractivity contribution in [3.63, 3.8) is 0 Å². The zero-order chi connectivity index (χ0) is 15.6. The van der Waals surface area contributed by atoms with Gasteiger partial charge in [-0.3, -0.25) is 0 Å².